The zero-order valence-corrected chi connectivity index (χ0v) is 15.8. The first-order valence-electron chi connectivity index (χ1n) is 8.04. The lowest BCUT2D eigenvalue weighted by atomic mass is 10.3. The fourth-order valence-electron chi connectivity index (χ4n) is 2.13. The van der Waals surface area contributed by atoms with E-state index in [2.05, 4.69) is 9.72 Å². The Bertz CT molecular complexity index is 632. The van der Waals surface area contributed by atoms with Gasteiger partial charge in [-0.1, -0.05) is 0 Å². The number of rotatable bonds is 8. The third-order valence-electron chi connectivity index (χ3n) is 3.43. The second kappa shape index (κ2) is 12.1. The SMILES string of the molecule is CCOCC(CN1CCCS1=O)OC.COCn1ccc(=O)[nH]c1=O. The Morgan fingerprint density at radius 1 is 1.36 bits per heavy atom. The Morgan fingerprint density at radius 3 is 2.64 bits per heavy atom. The molecule has 1 aromatic heterocycles. The Kier molecular flexibility index (Phi) is 10.5. The fraction of sp³-hybridized carbons (Fsp3) is 0.733. The van der Waals surface area contributed by atoms with Crippen LogP contribution in [0.3, 0.4) is 0 Å². The van der Waals surface area contributed by atoms with Gasteiger partial charge in [0.05, 0.1) is 23.7 Å². The maximum atomic E-state index is 11.4. The van der Waals surface area contributed by atoms with Gasteiger partial charge in [-0.2, -0.15) is 0 Å². The maximum Gasteiger partial charge on any atom is 0.330 e. The number of hydrogen-bond acceptors (Lipinski definition) is 6. The molecule has 1 aliphatic heterocycles. The van der Waals surface area contributed by atoms with E-state index in [1.165, 1.54) is 23.9 Å². The van der Waals surface area contributed by atoms with Crippen molar-refractivity contribution in [1.29, 1.82) is 0 Å². The summed E-state index contributed by atoms with van der Waals surface area (Å²) in [6, 6.07) is 1.26. The molecule has 2 atom stereocenters. The van der Waals surface area contributed by atoms with Crippen LogP contribution in [0, 0.1) is 0 Å². The van der Waals surface area contributed by atoms with Crippen molar-refractivity contribution in [2.45, 2.75) is 26.2 Å². The number of H-pyrrole nitrogens is 1. The van der Waals surface area contributed by atoms with Crippen molar-refractivity contribution in [3.05, 3.63) is 33.1 Å². The van der Waals surface area contributed by atoms with E-state index < -0.39 is 22.2 Å². The lowest BCUT2D eigenvalue weighted by Crippen LogP contribution is -2.34. The molecule has 0 aliphatic carbocycles. The van der Waals surface area contributed by atoms with E-state index in [0.717, 1.165) is 18.7 Å². The minimum atomic E-state index is -0.791. The van der Waals surface area contributed by atoms with Crippen molar-refractivity contribution in [3.63, 3.8) is 0 Å². The van der Waals surface area contributed by atoms with Crippen LogP contribution in [-0.2, 0) is 31.9 Å². The van der Waals surface area contributed by atoms with Gasteiger partial charge in [0, 0.05) is 51.9 Å². The zero-order chi connectivity index (χ0) is 18.7. The monoisotopic (exact) mass is 377 g/mol. The molecule has 25 heavy (non-hydrogen) atoms. The van der Waals surface area contributed by atoms with E-state index in [-0.39, 0.29) is 12.8 Å². The average Bonchev–Trinajstić information content (AvgIpc) is 2.99. The highest BCUT2D eigenvalue weighted by atomic mass is 32.2. The van der Waals surface area contributed by atoms with Gasteiger partial charge in [-0.15, -0.1) is 0 Å². The number of ether oxygens (including phenoxy) is 3. The molecule has 144 valence electrons. The second-order valence-electron chi connectivity index (χ2n) is 5.28. The molecule has 1 N–H and O–H groups in total. The quantitative estimate of drug-likeness (QED) is 0.658. The van der Waals surface area contributed by atoms with Gasteiger partial charge >= 0.3 is 5.69 Å². The molecule has 0 spiro atoms. The summed E-state index contributed by atoms with van der Waals surface area (Å²) < 4.78 is 29.9. The van der Waals surface area contributed by atoms with Crippen molar-refractivity contribution >= 4 is 11.0 Å². The van der Waals surface area contributed by atoms with Crippen molar-refractivity contribution in [2.24, 2.45) is 0 Å². The van der Waals surface area contributed by atoms with Gasteiger partial charge in [-0.25, -0.2) is 13.3 Å². The average molecular weight is 377 g/mol. The van der Waals surface area contributed by atoms with Gasteiger partial charge in [-0.3, -0.25) is 14.3 Å². The standard InChI is InChI=1S/C9H19NO3S.C6H8N2O3/c1-3-13-8-9(12-2)7-10-5-4-6-14(10)11;1-11-4-8-3-2-5(9)7-6(8)10/h9H,3-8H2,1-2H3;2-3H,4H2,1H3,(H,7,9,10). The molecule has 0 amide bonds. The van der Waals surface area contributed by atoms with Gasteiger partial charge in [0.15, 0.2) is 0 Å². The van der Waals surface area contributed by atoms with Crippen LogP contribution in [0.25, 0.3) is 0 Å². The van der Waals surface area contributed by atoms with Crippen molar-refractivity contribution < 1.29 is 18.4 Å². The van der Waals surface area contributed by atoms with Gasteiger partial charge < -0.3 is 14.2 Å². The van der Waals surface area contributed by atoms with Crippen LogP contribution in [0.1, 0.15) is 13.3 Å². The number of nitrogens with zero attached hydrogens (tertiary/aromatic N) is 2. The summed E-state index contributed by atoms with van der Waals surface area (Å²) in [6.45, 7) is 5.02. The molecule has 2 heterocycles. The molecule has 0 saturated carbocycles. The zero-order valence-electron chi connectivity index (χ0n) is 14.9. The fourth-order valence-corrected chi connectivity index (χ4v) is 3.43. The third-order valence-corrected chi connectivity index (χ3v) is 4.97. The smallest absolute Gasteiger partial charge is 0.330 e. The minimum Gasteiger partial charge on any atom is -0.379 e. The van der Waals surface area contributed by atoms with Gasteiger partial charge in [0.1, 0.15) is 6.73 Å². The lowest BCUT2D eigenvalue weighted by Gasteiger charge is -2.20. The first kappa shape index (κ1) is 21.7. The Hall–Kier alpha value is -1.33. The predicted octanol–water partition coefficient (Wildman–Crippen LogP) is -0.452. The maximum absolute atomic E-state index is 11.4. The predicted molar refractivity (Wildman–Crippen MR) is 94.8 cm³/mol. The molecule has 0 bridgehead atoms. The van der Waals surface area contributed by atoms with Crippen LogP contribution in [0.2, 0.25) is 0 Å². The highest BCUT2D eigenvalue weighted by molar-refractivity contribution is 7.82. The molecule has 9 nitrogen and oxygen atoms in total. The van der Waals surface area contributed by atoms with E-state index in [1.54, 1.807) is 7.11 Å². The molecular weight excluding hydrogens is 350 g/mol. The summed E-state index contributed by atoms with van der Waals surface area (Å²) >= 11 is 0. The van der Waals surface area contributed by atoms with Crippen LogP contribution in [0.15, 0.2) is 21.9 Å². The molecule has 1 fully saturated rings. The molecule has 0 radical (unpaired) electrons. The topological polar surface area (TPSA) is 103 Å². The van der Waals surface area contributed by atoms with E-state index in [1.807, 2.05) is 11.2 Å². The largest absolute Gasteiger partial charge is 0.379 e. The van der Waals surface area contributed by atoms with Gasteiger partial charge in [-0.05, 0) is 13.3 Å². The molecule has 0 aromatic carbocycles. The van der Waals surface area contributed by atoms with Crippen molar-refractivity contribution in [2.75, 3.05) is 46.3 Å². The lowest BCUT2D eigenvalue weighted by molar-refractivity contribution is 0.00536. The van der Waals surface area contributed by atoms with Crippen LogP contribution in [-0.4, -0.2) is 70.4 Å². The van der Waals surface area contributed by atoms with Crippen LogP contribution in [0.5, 0.6) is 0 Å². The summed E-state index contributed by atoms with van der Waals surface area (Å²) in [5.74, 6) is 0.797. The molecule has 1 aromatic rings. The number of aromatic nitrogens is 2. The van der Waals surface area contributed by atoms with E-state index in [9.17, 15) is 13.8 Å². The Morgan fingerprint density at radius 2 is 2.12 bits per heavy atom. The normalized spacial score (nSPS) is 18.6. The summed E-state index contributed by atoms with van der Waals surface area (Å²) in [4.78, 5) is 23.5. The summed E-state index contributed by atoms with van der Waals surface area (Å²) in [7, 11) is 2.35. The number of methoxy groups -OCH3 is 2. The highest BCUT2D eigenvalue weighted by Gasteiger charge is 2.23. The first-order valence-corrected chi connectivity index (χ1v) is 9.32. The van der Waals surface area contributed by atoms with Gasteiger partial charge in [0.2, 0.25) is 0 Å². The first-order chi connectivity index (χ1) is 12.0. The van der Waals surface area contributed by atoms with Crippen molar-refractivity contribution in [3.8, 4) is 0 Å². The molecule has 1 saturated heterocycles. The van der Waals surface area contributed by atoms with Crippen LogP contribution >= 0.6 is 0 Å². The number of nitrogens with one attached hydrogen (secondary N) is 1. The van der Waals surface area contributed by atoms with Crippen LogP contribution in [0.4, 0.5) is 0 Å². The van der Waals surface area contributed by atoms with E-state index in [0.29, 0.717) is 19.8 Å². The molecule has 10 heteroatoms. The molecule has 1 aliphatic rings. The second-order valence-corrected chi connectivity index (χ2v) is 6.85. The van der Waals surface area contributed by atoms with Gasteiger partial charge in [0.25, 0.3) is 5.56 Å². The van der Waals surface area contributed by atoms with Crippen molar-refractivity contribution in [1.82, 2.24) is 13.9 Å². The molecule has 2 unspecified atom stereocenters. The minimum absolute atomic E-state index is 0.0389. The summed E-state index contributed by atoms with van der Waals surface area (Å²) in [6.07, 6.45) is 2.44. The third kappa shape index (κ3) is 8.06. The van der Waals surface area contributed by atoms with E-state index >= 15 is 0 Å². The summed E-state index contributed by atoms with van der Waals surface area (Å²) in [5.41, 5.74) is -0.860. The van der Waals surface area contributed by atoms with Crippen LogP contribution < -0.4 is 11.2 Å². The number of aromatic amines is 1. The van der Waals surface area contributed by atoms with E-state index in [4.69, 9.17) is 9.47 Å². The Labute approximate surface area is 149 Å². The number of hydrogen-bond donors (Lipinski definition) is 1. The molecular formula is C15H27N3O6S. The summed E-state index contributed by atoms with van der Waals surface area (Å²) in [5, 5.41) is 0. The molecule has 2 rings (SSSR count). The Balaban J connectivity index is 0.000000257. The highest BCUT2D eigenvalue weighted by Crippen LogP contribution is 2.10.